The first-order valence-electron chi connectivity index (χ1n) is 14.3. The van der Waals surface area contributed by atoms with Crippen molar-refractivity contribution >= 4 is 5.97 Å². The third-order valence-corrected chi connectivity index (χ3v) is 11.8. The topological polar surface area (TPSA) is 77.8 Å². The van der Waals surface area contributed by atoms with Crippen LogP contribution in [0.15, 0.2) is 30.3 Å². The Balaban J connectivity index is 1.46. The normalized spacial score (nSPS) is 45.7. The number of carboxylic acid groups (broad SMARTS) is 1. The van der Waals surface area contributed by atoms with Crippen LogP contribution in [0.25, 0.3) is 0 Å². The molecule has 0 amide bonds. The summed E-state index contributed by atoms with van der Waals surface area (Å²) in [5.41, 5.74) is 1.66. The van der Waals surface area contributed by atoms with E-state index in [1.54, 1.807) is 0 Å². The van der Waals surface area contributed by atoms with Crippen molar-refractivity contribution < 1.29 is 20.1 Å². The van der Waals surface area contributed by atoms with Crippen LogP contribution in [0.4, 0.5) is 0 Å². The second-order valence-electron chi connectivity index (χ2n) is 13.3. The van der Waals surface area contributed by atoms with E-state index >= 15 is 0 Å². The van der Waals surface area contributed by atoms with Crippen LogP contribution in [0.1, 0.15) is 84.1 Å². The number of benzene rings is 1. The van der Waals surface area contributed by atoms with E-state index in [1.807, 2.05) is 0 Å². The van der Waals surface area contributed by atoms with Crippen LogP contribution in [-0.4, -0.2) is 33.5 Å². The summed E-state index contributed by atoms with van der Waals surface area (Å²) in [5.74, 6) is 2.16. The smallest absolute Gasteiger partial charge is 0.303 e. The molecule has 4 nitrogen and oxygen atoms in total. The van der Waals surface area contributed by atoms with Gasteiger partial charge in [0.2, 0.25) is 0 Å². The molecule has 4 saturated carbocycles. The zero-order chi connectivity index (χ0) is 25.0. The van der Waals surface area contributed by atoms with Gasteiger partial charge in [-0.15, -0.1) is 0 Å². The Morgan fingerprint density at radius 2 is 1.66 bits per heavy atom. The standard InChI is InChI=1S/C31H46O4/c1-19(9-12-27(33)34)23-10-11-24-28-25(14-16-30(23,24)2)31(3)15-13-21(32)18-26(31)22(29(28)35)17-20-7-5-4-6-8-20/h4-8,19,21-26,28-29,32,35H,9-18H2,1-3H3,(H,33,34)/t19-,21-,22-,23?,24?,25?,26?,28?,29-,30-,31-/m1/s1. The van der Waals surface area contributed by atoms with Gasteiger partial charge < -0.3 is 15.3 Å². The zero-order valence-corrected chi connectivity index (χ0v) is 21.9. The van der Waals surface area contributed by atoms with Crippen LogP contribution in [-0.2, 0) is 11.2 Å². The summed E-state index contributed by atoms with van der Waals surface area (Å²) in [7, 11) is 0. The van der Waals surface area contributed by atoms with Crippen molar-refractivity contribution in [1.82, 2.24) is 0 Å². The van der Waals surface area contributed by atoms with E-state index in [9.17, 15) is 20.1 Å². The molecule has 0 heterocycles. The van der Waals surface area contributed by atoms with Crippen molar-refractivity contribution in [1.29, 1.82) is 0 Å². The summed E-state index contributed by atoms with van der Waals surface area (Å²) in [5, 5.41) is 32.1. The van der Waals surface area contributed by atoms with Gasteiger partial charge in [0.25, 0.3) is 0 Å². The molecular formula is C31H46O4. The maximum atomic E-state index is 12.2. The fraction of sp³-hybridized carbons (Fsp3) is 0.774. The Hall–Kier alpha value is -1.39. The van der Waals surface area contributed by atoms with Gasteiger partial charge in [0.1, 0.15) is 0 Å². The molecule has 0 bridgehead atoms. The summed E-state index contributed by atoms with van der Waals surface area (Å²) in [4.78, 5) is 11.2. The van der Waals surface area contributed by atoms with Crippen LogP contribution < -0.4 is 0 Å². The van der Waals surface area contributed by atoms with E-state index in [4.69, 9.17) is 0 Å². The van der Waals surface area contributed by atoms with Gasteiger partial charge in [0, 0.05) is 6.42 Å². The number of carboxylic acids is 1. The first kappa shape index (κ1) is 25.3. The summed E-state index contributed by atoms with van der Waals surface area (Å²) in [6, 6.07) is 10.6. The highest BCUT2D eigenvalue weighted by Crippen LogP contribution is 2.69. The van der Waals surface area contributed by atoms with Crippen LogP contribution in [0.5, 0.6) is 0 Å². The average Bonchev–Trinajstić information content (AvgIpc) is 3.19. The maximum Gasteiger partial charge on any atom is 0.303 e. The minimum Gasteiger partial charge on any atom is -0.481 e. The molecule has 1 aromatic rings. The number of rotatable bonds is 6. The van der Waals surface area contributed by atoms with E-state index in [-0.39, 0.29) is 35.4 Å². The fourth-order valence-electron chi connectivity index (χ4n) is 10.1. The molecular weight excluding hydrogens is 436 g/mol. The summed E-state index contributed by atoms with van der Waals surface area (Å²) >= 11 is 0. The number of hydrogen-bond donors (Lipinski definition) is 3. The van der Waals surface area contributed by atoms with Crippen molar-refractivity contribution in [2.24, 2.45) is 52.3 Å². The van der Waals surface area contributed by atoms with Gasteiger partial charge in [0.15, 0.2) is 0 Å². The minimum absolute atomic E-state index is 0.177. The first-order chi connectivity index (χ1) is 16.6. The molecule has 0 spiro atoms. The molecule has 4 fully saturated rings. The summed E-state index contributed by atoms with van der Waals surface area (Å²) in [6.45, 7) is 7.24. The van der Waals surface area contributed by atoms with E-state index < -0.39 is 5.97 Å². The van der Waals surface area contributed by atoms with E-state index in [1.165, 1.54) is 18.4 Å². The van der Waals surface area contributed by atoms with Crippen molar-refractivity contribution in [3.8, 4) is 0 Å². The summed E-state index contributed by atoms with van der Waals surface area (Å²) in [6.07, 6.45) is 8.81. The van der Waals surface area contributed by atoms with Crippen LogP contribution in [0.3, 0.4) is 0 Å². The minimum atomic E-state index is -0.690. The molecule has 4 heteroatoms. The summed E-state index contributed by atoms with van der Waals surface area (Å²) < 4.78 is 0. The third kappa shape index (κ3) is 4.27. The lowest BCUT2D eigenvalue weighted by molar-refractivity contribution is -0.202. The van der Waals surface area contributed by atoms with Crippen LogP contribution >= 0.6 is 0 Å². The Morgan fingerprint density at radius 3 is 2.37 bits per heavy atom. The number of hydrogen-bond acceptors (Lipinski definition) is 3. The molecule has 0 aromatic heterocycles. The Kier molecular flexibility index (Phi) is 6.85. The van der Waals surface area contributed by atoms with Crippen molar-refractivity contribution in [2.75, 3.05) is 0 Å². The maximum absolute atomic E-state index is 12.2. The predicted octanol–water partition coefficient (Wildman–Crippen LogP) is 5.95. The van der Waals surface area contributed by atoms with Gasteiger partial charge in [-0.2, -0.15) is 0 Å². The van der Waals surface area contributed by atoms with Gasteiger partial charge in [-0.3, -0.25) is 4.79 Å². The monoisotopic (exact) mass is 482 g/mol. The number of aliphatic hydroxyl groups excluding tert-OH is 2. The Labute approximate surface area is 211 Å². The van der Waals surface area contributed by atoms with Gasteiger partial charge >= 0.3 is 5.97 Å². The van der Waals surface area contributed by atoms with E-state index in [0.29, 0.717) is 35.5 Å². The predicted molar refractivity (Wildman–Crippen MR) is 138 cm³/mol. The number of carbonyl (C=O) groups is 1. The van der Waals surface area contributed by atoms with Crippen LogP contribution in [0.2, 0.25) is 0 Å². The zero-order valence-electron chi connectivity index (χ0n) is 21.9. The Bertz CT molecular complexity index is 901. The number of aliphatic hydroxyl groups is 2. The van der Waals surface area contributed by atoms with Gasteiger partial charge in [0.05, 0.1) is 12.2 Å². The van der Waals surface area contributed by atoms with Crippen molar-refractivity contribution in [2.45, 2.75) is 97.2 Å². The highest BCUT2D eigenvalue weighted by atomic mass is 16.4. The van der Waals surface area contributed by atoms with E-state index in [0.717, 1.165) is 44.9 Å². The third-order valence-electron chi connectivity index (χ3n) is 11.8. The van der Waals surface area contributed by atoms with Gasteiger partial charge in [-0.25, -0.2) is 0 Å². The molecule has 35 heavy (non-hydrogen) atoms. The average molecular weight is 483 g/mol. The SMILES string of the molecule is C[C@H](CCC(=O)O)C1CCC2C3C(CC[C@@]21C)[C@@]1(C)CC[C@@H](O)CC1[C@@H](Cc1ccccc1)[C@H]3O. The van der Waals surface area contributed by atoms with Crippen molar-refractivity contribution in [3.63, 3.8) is 0 Å². The molecule has 4 aliphatic carbocycles. The molecule has 1 aromatic carbocycles. The second-order valence-corrected chi connectivity index (χ2v) is 13.3. The molecule has 5 unspecified atom stereocenters. The molecule has 0 aliphatic heterocycles. The van der Waals surface area contributed by atoms with E-state index in [2.05, 4.69) is 51.1 Å². The number of fused-ring (bicyclic) bond motifs is 5. The highest BCUT2D eigenvalue weighted by molar-refractivity contribution is 5.66. The van der Waals surface area contributed by atoms with Crippen LogP contribution in [0, 0.1) is 52.3 Å². The first-order valence-corrected chi connectivity index (χ1v) is 14.3. The highest BCUT2D eigenvalue weighted by Gasteiger charge is 2.65. The molecule has 0 radical (unpaired) electrons. The molecule has 5 rings (SSSR count). The molecule has 11 atom stereocenters. The van der Waals surface area contributed by atoms with Gasteiger partial charge in [-0.05, 0) is 116 Å². The lowest BCUT2D eigenvalue weighted by Crippen LogP contribution is -2.62. The molecule has 0 saturated heterocycles. The quantitative estimate of drug-likeness (QED) is 0.468. The molecule has 4 aliphatic rings. The molecule has 194 valence electrons. The second kappa shape index (κ2) is 9.49. The lowest BCUT2D eigenvalue weighted by atomic mass is 9.41. The van der Waals surface area contributed by atoms with Gasteiger partial charge in [-0.1, -0.05) is 51.1 Å². The Morgan fingerprint density at radius 1 is 0.971 bits per heavy atom. The molecule has 3 N–H and O–H groups in total. The largest absolute Gasteiger partial charge is 0.481 e. The lowest BCUT2D eigenvalue weighted by Gasteiger charge is -2.65. The fourth-order valence-corrected chi connectivity index (χ4v) is 10.1. The number of aliphatic carboxylic acids is 1. The van der Waals surface area contributed by atoms with Crippen molar-refractivity contribution in [3.05, 3.63) is 35.9 Å².